The second-order valence-corrected chi connectivity index (χ2v) is 9.66. The maximum atomic E-state index is 14.1. The van der Waals surface area contributed by atoms with E-state index >= 15 is 0 Å². The van der Waals surface area contributed by atoms with Crippen molar-refractivity contribution in [1.82, 2.24) is 14.5 Å². The average Bonchev–Trinajstić information content (AvgIpc) is 3.47. The lowest BCUT2D eigenvalue weighted by Crippen LogP contribution is -2.38. The number of fused-ring (bicyclic) bond motifs is 1. The number of para-hydroxylation sites is 1. The van der Waals surface area contributed by atoms with Crippen molar-refractivity contribution in [2.24, 2.45) is 0 Å². The molecule has 0 bridgehead atoms. The van der Waals surface area contributed by atoms with Crippen LogP contribution in [-0.2, 0) is 6.54 Å². The summed E-state index contributed by atoms with van der Waals surface area (Å²) in [4.78, 5) is 45.7. The number of hydrogen-bond acceptors (Lipinski definition) is 6. The Labute approximate surface area is 230 Å². The van der Waals surface area contributed by atoms with Gasteiger partial charge in [0.25, 0.3) is 17.2 Å². The molecule has 0 aliphatic heterocycles. The number of furan rings is 1. The van der Waals surface area contributed by atoms with Crippen LogP contribution in [0.5, 0.6) is 0 Å². The van der Waals surface area contributed by atoms with Crippen molar-refractivity contribution >= 4 is 22.5 Å². The van der Waals surface area contributed by atoms with Crippen molar-refractivity contribution in [2.45, 2.75) is 39.8 Å². The average molecular weight is 537 g/mol. The molecule has 0 aliphatic carbocycles. The number of hydrogen-bond donors (Lipinski definition) is 0. The third kappa shape index (κ3) is 5.01. The van der Waals surface area contributed by atoms with Gasteiger partial charge in [0.05, 0.1) is 40.4 Å². The molecule has 1 amide bonds. The highest BCUT2D eigenvalue weighted by molar-refractivity contribution is 5.95. The van der Waals surface area contributed by atoms with Crippen LogP contribution in [0.3, 0.4) is 0 Å². The van der Waals surface area contributed by atoms with Gasteiger partial charge in [-0.15, -0.1) is 0 Å². The van der Waals surface area contributed by atoms with Crippen LogP contribution >= 0.6 is 0 Å². The molecule has 2 heterocycles. The fraction of sp³-hybridized carbons (Fsp3) is 0.194. The van der Waals surface area contributed by atoms with E-state index in [1.54, 1.807) is 58.9 Å². The molecule has 40 heavy (non-hydrogen) atoms. The molecule has 0 radical (unpaired) electrons. The highest BCUT2D eigenvalue weighted by Crippen LogP contribution is 2.30. The molecule has 1 atom stereocenters. The van der Waals surface area contributed by atoms with Gasteiger partial charge in [0.1, 0.15) is 11.6 Å². The van der Waals surface area contributed by atoms with Gasteiger partial charge >= 0.3 is 0 Å². The minimum atomic E-state index is -0.670. The fourth-order valence-electron chi connectivity index (χ4n) is 4.86. The standard InChI is InChI=1S/C31H28N4O5/c1-4-27(29-32-26-10-6-5-9-25(26)31(37)34(29)23-15-11-20(2)12-16-23)33(19-24-8-7-17-40-24)30(36)22-14-13-21(3)28(18-22)35(38)39/h5-18,27H,4,19H2,1-3H3. The summed E-state index contributed by atoms with van der Waals surface area (Å²) in [6, 6.07) is 21.9. The third-order valence-corrected chi connectivity index (χ3v) is 6.97. The molecular weight excluding hydrogens is 508 g/mol. The second kappa shape index (κ2) is 11.0. The van der Waals surface area contributed by atoms with Crippen LogP contribution < -0.4 is 5.56 Å². The summed E-state index contributed by atoms with van der Waals surface area (Å²) in [7, 11) is 0. The van der Waals surface area contributed by atoms with Crippen LogP contribution in [0.2, 0.25) is 0 Å². The van der Waals surface area contributed by atoms with Gasteiger partial charge in [-0.05, 0) is 62.7 Å². The predicted molar refractivity (Wildman–Crippen MR) is 152 cm³/mol. The summed E-state index contributed by atoms with van der Waals surface area (Å²) in [6.45, 7) is 5.57. The summed E-state index contributed by atoms with van der Waals surface area (Å²) in [5.74, 6) is 0.471. The smallest absolute Gasteiger partial charge is 0.273 e. The van der Waals surface area contributed by atoms with Gasteiger partial charge in [0.2, 0.25) is 0 Å². The zero-order valence-corrected chi connectivity index (χ0v) is 22.4. The van der Waals surface area contributed by atoms with E-state index in [1.165, 1.54) is 12.3 Å². The van der Waals surface area contributed by atoms with E-state index < -0.39 is 16.9 Å². The SMILES string of the molecule is CCC(c1nc2ccccc2c(=O)n1-c1ccc(C)cc1)N(Cc1ccco1)C(=O)c1ccc(C)c([N+](=O)[O-])c1. The number of nitrogens with zero attached hydrogens (tertiary/aromatic N) is 4. The Hall–Kier alpha value is -5.05. The number of amides is 1. The summed E-state index contributed by atoms with van der Waals surface area (Å²) in [6.07, 6.45) is 1.93. The van der Waals surface area contributed by atoms with Crippen LogP contribution in [0.15, 0.2) is 94.3 Å². The highest BCUT2D eigenvalue weighted by Gasteiger charge is 2.31. The summed E-state index contributed by atoms with van der Waals surface area (Å²) in [5, 5.41) is 12.1. The number of nitro benzene ring substituents is 1. The Morgan fingerprint density at radius 2 is 1.80 bits per heavy atom. The van der Waals surface area contributed by atoms with E-state index in [2.05, 4.69) is 0 Å². The maximum absolute atomic E-state index is 14.1. The van der Waals surface area contributed by atoms with Gasteiger partial charge in [-0.2, -0.15) is 0 Å². The first-order chi connectivity index (χ1) is 19.3. The number of benzene rings is 3. The number of rotatable bonds is 8. The molecule has 5 rings (SSSR count). The van der Waals surface area contributed by atoms with Gasteiger partial charge in [-0.3, -0.25) is 24.3 Å². The van der Waals surface area contributed by atoms with Crippen molar-refractivity contribution in [1.29, 1.82) is 0 Å². The summed E-state index contributed by atoms with van der Waals surface area (Å²) >= 11 is 0. The number of aromatic nitrogens is 2. The van der Waals surface area contributed by atoms with E-state index in [4.69, 9.17) is 9.40 Å². The molecular formula is C31H28N4O5. The van der Waals surface area contributed by atoms with Crippen LogP contribution in [0.4, 0.5) is 5.69 Å². The molecule has 9 heteroatoms. The topological polar surface area (TPSA) is 111 Å². The van der Waals surface area contributed by atoms with Gasteiger partial charge in [-0.25, -0.2) is 4.98 Å². The lowest BCUT2D eigenvalue weighted by molar-refractivity contribution is -0.385. The van der Waals surface area contributed by atoms with E-state index in [0.717, 1.165) is 5.56 Å². The molecule has 0 saturated heterocycles. The molecule has 0 fully saturated rings. The normalized spacial score (nSPS) is 11.9. The Morgan fingerprint density at radius 1 is 1.05 bits per heavy atom. The van der Waals surface area contributed by atoms with E-state index in [-0.39, 0.29) is 23.4 Å². The zero-order chi connectivity index (χ0) is 28.4. The van der Waals surface area contributed by atoms with E-state index in [9.17, 15) is 19.7 Å². The maximum Gasteiger partial charge on any atom is 0.273 e. The lowest BCUT2D eigenvalue weighted by Gasteiger charge is -2.32. The summed E-state index contributed by atoms with van der Waals surface area (Å²) in [5.41, 5.74) is 2.40. The van der Waals surface area contributed by atoms with Crippen LogP contribution in [0.1, 0.15) is 52.5 Å². The monoisotopic (exact) mass is 536 g/mol. The molecule has 0 aliphatic rings. The Morgan fingerprint density at radius 3 is 2.48 bits per heavy atom. The zero-order valence-electron chi connectivity index (χ0n) is 22.4. The first kappa shape index (κ1) is 26.6. The van der Waals surface area contributed by atoms with Crippen LogP contribution in [0, 0.1) is 24.0 Å². The number of carbonyl (C=O) groups is 1. The second-order valence-electron chi connectivity index (χ2n) is 9.66. The highest BCUT2D eigenvalue weighted by atomic mass is 16.6. The molecule has 0 spiro atoms. The molecule has 1 unspecified atom stereocenters. The third-order valence-electron chi connectivity index (χ3n) is 6.97. The molecule has 3 aromatic carbocycles. The quantitative estimate of drug-likeness (QED) is 0.170. The Kier molecular flexibility index (Phi) is 7.29. The van der Waals surface area contributed by atoms with E-state index in [1.807, 2.05) is 44.2 Å². The number of carbonyl (C=O) groups excluding carboxylic acids is 1. The molecule has 9 nitrogen and oxygen atoms in total. The minimum absolute atomic E-state index is 0.0720. The first-order valence-corrected chi connectivity index (χ1v) is 13.0. The van der Waals surface area contributed by atoms with Crippen molar-refractivity contribution in [3.05, 3.63) is 134 Å². The van der Waals surface area contributed by atoms with Crippen LogP contribution in [0.25, 0.3) is 16.6 Å². The minimum Gasteiger partial charge on any atom is -0.467 e. The van der Waals surface area contributed by atoms with E-state index in [0.29, 0.717) is 40.2 Å². The number of nitro groups is 1. The largest absolute Gasteiger partial charge is 0.467 e. The summed E-state index contributed by atoms with van der Waals surface area (Å²) < 4.78 is 7.14. The predicted octanol–water partition coefficient (Wildman–Crippen LogP) is 6.30. The molecule has 202 valence electrons. The fourth-order valence-corrected chi connectivity index (χ4v) is 4.86. The molecule has 0 saturated carbocycles. The van der Waals surface area contributed by atoms with Crippen molar-refractivity contribution < 1.29 is 14.1 Å². The van der Waals surface area contributed by atoms with Gasteiger partial charge in [0, 0.05) is 17.2 Å². The van der Waals surface area contributed by atoms with Crippen molar-refractivity contribution in [3.63, 3.8) is 0 Å². The lowest BCUT2D eigenvalue weighted by atomic mass is 10.1. The first-order valence-electron chi connectivity index (χ1n) is 13.0. The van der Waals surface area contributed by atoms with Crippen molar-refractivity contribution in [2.75, 3.05) is 0 Å². The van der Waals surface area contributed by atoms with Gasteiger partial charge in [0.15, 0.2) is 0 Å². The Bertz CT molecular complexity index is 1760. The van der Waals surface area contributed by atoms with Gasteiger partial charge < -0.3 is 9.32 Å². The van der Waals surface area contributed by atoms with Crippen molar-refractivity contribution in [3.8, 4) is 5.69 Å². The number of aryl methyl sites for hydroxylation is 2. The Balaban J connectivity index is 1.73. The molecule has 5 aromatic rings. The van der Waals surface area contributed by atoms with Gasteiger partial charge in [-0.1, -0.05) is 42.8 Å². The van der Waals surface area contributed by atoms with Crippen LogP contribution in [-0.4, -0.2) is 25.3 Å². The molecule has 0 N–H and O–H groups in total. The molecule has 2 aromatic heterocycles.